The second kappa shape index (κ2) is 2.58. The van der Waals surface area contributed by atoms with Crippen LogP contribution in [0.5, 0.6) is 0 Å². The molecule has 6 nitrogen and oxygen atoms in total. The molecule has 6 heteroatoms. The third-order valence-corrected chi connectivity index (χ3v) is 1.83. The normalized spacial score (nSPS) is 10.8. The summed E-state index contributed by atoms with van der Waals surface area (Å²) in [6, 6.07) is 0. The second-order valence-corrected chi connectivity index (χ2v) is 2.65. The zero-order valence-electron chi connectivity index (χ0n) is 7.11. The van der Waals surface area contributed by atoms with Gasteiger partial charge in [-0.05, 0) is 6.92 Å². The van der Waals surface area contributed by atoms with E-state index >= 15 is 0 Å². The number of H-pyrrole nitrogens is 1. The van der Waals surface area contributed by atoms with Crippen molar-refractivity contribution in [3.05, 3.63) is 16.7 Å². The highest BCUT2D eigenvalue weighted by Crippen LogP contribution is 2.05. The van der Waals surface area contributed by atoms with Gasteiger partial charge in [0.2, 0.25) is 5.95 Å². The number of nitrogens with two attached hydrogens (primary N) is 1. The predicted molar refractivity (Wildman–Crippen MR) is 48.2 cm³/mol. The monoisotopic (exact) mass is 179 g/mol. The fourth-order valence-corrected chi connectivity index (χ4v) is 1.20. The van der Waals surface area contributed by atoms with E-state index in [1.807, 2.05) is 6.92 Å². The van der Waals surface area contributed by atoms with E-state index in [0.29, 0.717) is 17.7 Å². The van der Waals surface area contributed by atoms with Crippen LogP contribution in [-0.2, 0) is 6.54 Å². The Morgan fingerprint density at radius 2 is 2.46 bits per heavy atom. The summed E-state index contributed by atoms with van der Waals surface area (Å²) in [5, 5.41) is 0. The number of hydrogen-bond acceptors (Lipinski definition) is 4. The maximum Gasteiger partial charge on any atom is 0.280 e. The van der Waals surface area contributed by atoms with Crippen LogP contribution in [-0.4, -0.2) is 19.5 Å². The van der Waals surface area contributed by atoms with Crippen LogP contribution in [0.3, 0.4) is 0 Å². The lowest BCUT2D eigenvalue weighted by Gasteiger charge is -1.97. The summed E-state index contributed by atoms with van der Waals surface area (Å²) in [5.74, 6) is 0.118. The molecule has 2 heterocycles. The molecule has 3 N–H and O–H groups in total. The smallest absolute Gasteiger partial charge is 0.280 e. The number of imidazole rings is 1. The Balaban J connectivity index is 2.90. The van der Waals surface area contributed by atoms with Crippen LogP contribution in [0.15, 0.2) is 11.1 Å². The lowest BCUT2D eigenvalue weighted by Crippen LogP contribution is -2.12. The minimum Gasteiger partial charge on any atom is -0.369 e. The van der Waals surface area contributed by atoms with E-state index in [1.165, 1.54) is 0 Å². The van der Waals surface area contributed by atoms with Gasteiger partial charge in [0.15, 0.2) is 11.2 Å². The first-order valence-electron chi connectivity index (χ1n) is 3.93. The average Bonchev–Trinajstić information content (AvgIpc) is 2.47. The van der Waals surface area contributed by atoms with E-state index in [4.69, 9.17) is 5.73 Å². The predicted octanol–water partition coefficient (Wildman–Crippen LogP) is -0.278. The van der Waals surface area contributed by atoms with Gasteiger partial charge in [-0.3, -0.25) is 9.78 Å². The van der Waals surface area contributed by atoms with Crippen LogP contribution in [0.4, 0.5) is 5.95 Å². The van der Waals surface area contributed by atoms with Crippen molar-refractivity contribution in [1.82, 2.24) is 19.5 Å². The fraction of sp³-hybridized carbons (Fsp3) is 0.286. The maximum atomic E-state index is 11.3. The highest BCUT2D eigenvalue weighted by molar-refractivity contribution is 5.70. The first kappa shape index (κ1) is 7.78. The summed E-state index contributed by atoms with van der Waals surface area (Å²) in [6.07, 6.45) is 1.58. The van der Waals surface area contributed by atoms with Crippen molar-refractivity contribution in [3.63, 3.8) is 0 Å². The van der Waals surface area contributed by atoms with Gasteiger partial charge in [0, 0.05) is 6.54 Å². The van der Waals surface area contributed by atoms with Crippen LogP contribution < -0.4 is 11.3 Å². The molecule has 0 fully saturated rings. The second-order valence-electron chi connectivity index (χ2n) is 2.65. The van der Waals surface area contributed by atoms with Crippen molar-refractivity contribution in [2.75, 3.05) is 5.73 Å². The van der Waals surface area contributed by atoms with E-state index in [2.05, 4.69) is 15.0 Å². The molecule has 2 aromatic heterocycles. The quantitative estimate of drug-likeness (QED) is 0.630. The van der Waals surface area contributed by atoms with Crippen molar-refractivity contribution in [3.8, 4) is 0 Å². The summed E-state index contributed by atoms with van der Waals surface area (Å²) in [4.78, 5) is 21.6. The molecular formula is C7H9N5O. The van der Waals surface area contributed by atoms with Gasteiger partial charge in [0.1, 0.15) is 0 Å². The number of nitrogens with zero attached hydrogens (tertiary/aromatic N) is 3. The summed E-state index contributed by atoms with van der Waals surface area (Å²) in [5.41, 5.74) is 5.96. The number of anilines is 1. The number of rotatable bonds is 1. The van der Waals surface area contributed by atoms with Crippen LogP contribution in [0.25, 0.3) is 11.2 Å². The van der Waals surface area contributed by atoms with Gasteiger partial charge in [-0.15, -0.1) is 0 Å². The number of aromatic nitrogens is 4. The SMILES string of the molecule is CCn1cnc2c(=O)[nH]c(N)nc21. The number of aromatic amines is 1. The van der Waals surface area contributed by atoms with Crippen LogP contribution in [0, 0.1) is 0 Å². The molecule has 0 aliphatic rings. The Morgan fingerprint density at radius 3 is 3.15 bits per heavy atom. The first-order chi connectivity index (χ1) is 6.22. The Kier molecular flexibility index (Phi) is 1.54. The summed E-state index contributed by atoms with van der Waals surface area (Å²) >= 11 is 0. The highest BCUT2D eigenvalue weighted by atomic mass is 16.1. The van der Waals surface area contributed by atoms with Crippen LogP contribution in [0.1, 0.15) is 6.92 Å². The molecule has 0 aromatic carbocycles. The van der Waals surface area contributed by atoms with E-state index in [0.717, 1.165) is 0 Å². The van der Waals surface area contributed by atoms with Gasteiger partial charge < -0.3 is 10.3 Å². The molecular weight excluding hydrogens is 170 g/mol. The lowest BCUT2D eigenvalue weighted by atomic mass is 10.5. The molecule has 0 amide bonds. The van der Waals surface area contributed by atoms with Crippen molar-refractivity contribution >= 4 is 17.1 Å². The largest absolute Gasteiger partial charge is 0.369 e. The van der Waals surface area contributed by atoms with Gasteiger partial charge in [0.25, 0.3) is 5.56 Å². The molecule has 0 bridgehead atoms. The number of hydrogen-bond donors (Lipinski definition) is 2. The molecule has 0 saturated heterocycles. The Bertz CT molecular complexity index is 497. The molecule has 0 radical (unpaired) electrons. The van der Waals surface area contributed by atoms with Crippen molar-refractivity contribution < 1.29 is 0 Å². The van der Waals surface area contributed by atoms with E-state index < -0.39 is 0 Å². The van der Waals surface area contributed by atoms with Crippen molar-refractivity contribution in [1.29, 1.82) is 0 Å². The lowest BCUT2D eigenvalue weighted by molar-refractivity contribution is 0.777. The number of nitrogens with one attached hydrogen (secondary N) is 1. The maximum absolute atomic E-state index is 11.3. The van der Waals surface area contributed by atoms with Gasteiger partial charge in [0.05, 0.1) is 6.33 Å². The van der Waals surface area contributed by atoms with Gasteiger partial charge >= 0.3 is 0 Å². The molecule has 0 saturated carbocycles. The van der Waals surface area contributed by atoms with Crippen LogP contribution >= 0.6 is 0 Å². The molecule has 0 unspecified atom stereocenters. The average molecular weight is 179 g/mol. The van der Waals surface area contributed by atoms with Crippen molar-refractivity contribution in [2.24, 2.45) is 0 Å². The summed E-state index contributed by atoms with van der Waals surface area (Å²) in [6.45, 7) is 2.66. The highest BCUT2D eigenvalue weighted by Gasteiger charge is 2.06. The Morgan fingerprint density at radius 1 is 1.69 bits per heavy atom. The molecule has 0 atom stereocenters. The number of aryl methyl sites for hydroxylation is 1. The fourth-order valence-electron chi connectivity index (χ4n) is 1.20. The molecule has 0 aliphatic carbocycles. The molecule has 68 valence electrons. The van der Waals surface area contributed by atoms with E-state index in [-0.39, 0.29) is 11.5 Å². The standard InChI is InChI=1S/C7H9N5O/c1-2-12-3-9-4-5(12)10-7(8)11-6(4)13/h3H,2H2,1H3,(H3,8,10,11,13). The Labute approximate surface area is 73.4 Å². The number of fused-ring (bicyclic) bond motifs is 1. The molecule has 0 spiro atoms. The zero-order valence-corrected chi connectivity index (χ0v) is 7.11. The van der Waals surface area contributed by atoms with E-state index in [1.54, 1.807) is 10.9 Å². The third-order valence-electron chi connectivity index (χ3n) is 1.83. The minimum absolute atomic E-state index is 0.118. The first-order valence-corrected chi connectivity index (χ1v) is 3.93. The van der Waals surface area contributed by atoms with Gasteiger partial charge in [-0.2, -0.15) is 4.98 Å². The molecule has 0 aliphatic heterocycles. The van der Waals surface area contributed by atoms with Crippen molar-refractivity contribution in [2.45, 2.75) is 13.5 Å². The zero-order chi connectivity index (χ0) is 9.42. The summed E-state index contributed by atoms with van der Waals surface area (Å²) in [7, 11) is 0. The summed E-state index contributed by atoms with van der Waals surface area (Å²) < 4.78 is 1.76. The van der Waals surface area contributed by atoms with Gasteiger partial charge in [-0.1, -0.05) is 0 Å². The molecule has 2 aromatic rings. The van der Waals surface area contributed by atoms with Gasteiger partial charge in [-0.25, -0.2) is 4.98 Å². The Hall–Kier alpha value is -1.85. The number of nitrogen functional groups attached to an aromatic ring is 1. The van der Waals surface area contributed by atoms with Crippen LogP contribution in [0.2, 0.25) is 0 Å². The van der Waals surface area contributed by atoms with E-state index in [9.17, 15) is 4.79 Å². The minimum atomic E-state index is -0.297. The molecule has 13 heavy (non-hydrogen) atoms. The third kappa shape index (κ3) is 1.07. The molecule has 2 rings (SSSR count). The topological polar surface area (TPSA) is 89.6 Å².